The highest BCUT2D eigenvalue weighted by Crippen LogP contribution is 2.12. The van der Waals surface area contributed by atoms with Crippen molar-refractivity contribution in [2.75, 3.05) is 25.1 Å². The van der Waals surface area contributed by atoms with Crippen LogP contribution in [-0.4, -0.2) is 36.0 Å². The number of carbonyl (C=O) groups is 1. The summed E-state index contributed by atoms with van der Waals surface area (Å²) in [5.41, 5.74) is 0.405. The van der Waals surface area contributed by atoms with Crippen molar-refractivity contribution in [1.29, 1.82) is 0 Å². The molecule has 1 aliphatic rings. The van der Waals surface area contributed by atoms with Gasteiger partial charge in [0.25, 0.3) is 5.56 Å². The third-order valence-corrected chi connectivity index (χ3v) is 2.70. The number of hydrogen-bond donors (Lipinski definition) is 1. The number of nitrogens with one attached hydrogen (secondary N) is 1. The Morgan fingerprint density at radius 3 is 2.76 bits per heavy atom. The first-order chi connectivity index (χ1) is 8.19. The van der Waals surface area contributed by atoms with E-state index in [0.29, 0.717) is 44.2 Å². The van der Waals surface area contributed by atoms with Gasteiger partial charge in [0, 0.05) is 39.1 Å². The smallest absolute Gasteiger partial charge is 0.252 e. The fraction of sp³-hybridized carbons (Fsp3) is 0.545. The molecule has 2 heterocycles. The van der Waals surface area contributed by atoms with E-state index in [1.54, 1.807) is 7.11 Å². The Balaban J connectivity index is 2.19. The first-order valence-electron chi connectivity index (χ1n) is 5.55. The van der Waals surface area contributed by atoms with Crippen molar-refractivity contribution in [2.24, 2.45) is 0 Å². The van der Waals surface area contributed by atoms with Crippen LogP contribution in [0.15, 0.2) is 10.9 Å². The van der Waals surface area contributed by atoms with Gasteiger partial charge in [-0.3, -0.25) is 14.6 Å². The fourth-order valence-corrected chi connectivity index (χ4v) is 1.83. The summed E-state index contributed by atoms with van der Waals surface area (Å²) < 4.78 is 4.95. The molecule has 17 heavy (non-hydrogen) atoms. The van der Waals surface area contributed by atoms with Crippen molar-refractivity contribution in [3.05, 3.63) is 22.1 Å². The lowest BCUT2D eigenvalue weighted by atomic mass is 10.1. The summed E-state index contributed by atoms with van der Waals surface area (Å²) in [4.78, 5) is 31.5. The fourth-order valence-electron chi connectivity index (χ4n) is 1.83. The van der Waals surface area contributed by atoms with Crippen molar-refractivity contribution in [3.63, 3.8) is 0 Å². The molecule has 0 bridgehead atoms. The van der Waals surface area contributed by atoms with Crippen molar-refractivity contribution in [2.45, 2.75) is 19.4 Å². The van der Waals surface area contributed by atoms with Crippen molar-refractivity contribution >= 4 is 11.7 Å². The van der Waals surface area contributed by atoms with E-state index in [0.717, 1.165) is 0 Å². The van der Waals surface area contributed by atoms with Gasteiger partial charge in [-0.15, -0.1) is 0 Å². The summed E-state index contributed by atoms with van der Waals surface area (Å²) in [5, 5.41) is 0. The summed E-state index contributed by atoms with van der Waals surface area (Å²) in [6.45, 7) is 1.53. The average molecular weight is 237 g/mol. The minimum Gasteiger partial charge on any atom is -0.378 e. The molecule has 0 unspecified atom stereocenters. The maximum Gasteiger partial charge on any atom is 0.252 e. The highest BCUT2D eigenvalue weighted by atomic mass is 16.5. The van der Waals surface area contributed by atoms with Crippen LogP contribution in [0.2, 0.25) is 0 Å². The Labute approximate surface area is 98.6 Å². The van der Waals surface area contributed by atoms with E-state index in [9.17, 15) is 9.59 Å². The molecule has 6 heteroatoms. The Bertz CT molecular complexity index is 459. The van der Waals surface area contributed by atoms with Crippen LogP contribution in [0.1, 0.15) is 18.5 Å². The van der Waals surface area contributed by atoms with E-state index in [1.165, 1.54) is 6.07 Å². The number of ketones is 1. The van der Waals surface area contributed by atoms with Gasteiger partial charge in [-0.1, -0.05) is 0 Å². The molecule has 0 aromatic carbocycles. The van der Waals surface area contributed by atoms with Gasteiger partial charge < -0.3 is 9.64 Å². The molecular formula is C11H15N3O3. The van der Waals surface area contributed by atoms with Crippen molar-refractivity contribution in [1.82, 2.24) is 9.97 Å². The minimum atomic E-state index is -0.195. The third-order valence-electron chi connectivity index (χ3n) is 2.70. The number of hydrogen-bond acceptors (Lipinski definition) is 5. The molecular weight excluding hydrogens is 222 g/mol. The summed E-state index contributed by atoms with van der Waals surface area (Å²) in [6.07, 6.45) is 1.02. The second-order valence-electron chi connectivity index (χ2n) is 4.02. The molecule has 0 amide bonds. The minimum absolute atomic E-state index is 0.195. The number of aromatic nitrogens is 2. The van der Waals surface area contributed by atoms with E-state index in [-0.39, 0.29) is 11.3 Å². The second kappa shape index (κ2) is 5.09. The Hall–Kier alpha value is -1.69. The predicted molar refractivity (Wildman–Crippen MR) is 62.0 cm³/mol. The average Bonchev–Trinajstić information content (AvgIpc) is 2.29. The monoisotopic (exact) mass is 237 g/mol. The summed E-state index contributed by atoms with van der Waals surface area (Å²) in [5.74, 6) is 0.786. The number of piperidine rings is 1. The van der Waals surface area contributed by atoms with Crippen molar-refractivity contribution < 1.29 is 9.53 Å². The number of ether oxygens (including phenoxy) is 1. The zero-order valence-electron chi connectivity index (χ0n) is 9.73. The van der Waals surface area contributed by atoms with E-state index < -0.39 is 0 Å². The molecule has 0 atom stereocenters. The predicted octanol–water partition coefficient (Wildman–Crippen LogP) is 0.0856. The lowest BCUT2D eigenvalue weighted by Gasteiger charge is -2.26. The first-order valence-corrected chi connectivity index (χ1v) is 5.55. The number of H-pyrrole nitrogens is 1. The Morgan fingerprint density at radius 2 is 2.12 bits per heavy atom. The summed E-state index contributed by atoms with van der Waals surface area (Å²) in [6, 6.07) is 1.42. The van der Waals surface area contributed by atoms with Gasteiger partial charge in [-0.05, 0) is 0 Å². The molecule has 0 aliphatic carbocycles. The number of Topliss-reactive ketones (excluding diaryl/α,β-unsaturated/α-hetero) is 1. The number of carbonyl (C=O) groups excluding carboxylic acids is 1. The molecule has 0 saturated carbocycles. The summed E-state index contributed by atoms with van der Waals surface area (Å²) >= 11 is 0. The van der Waals surface area contributed by atoms with Gasteiger partial charge in [0.15, 0.2) is 0 Å². The standard InChI is InChI=1S/C11H15N3O3/c1-17-7-8-6-10(16)13-11(12-8)14-4-2-9(15)3-5-14/h6H,2-5,7H2,1H3,(H,12,13,16). The number of aromatic amines is 1. The molecule has 1 N–H and O–H groups in total. The zero-order valence-corrected chi connectivity index (χ0v) is 9.73. The quantitative estimate of drug-likeness (QED) is 0.806. The maximum absolute atomic E-state index is 11.4. The molecule has 1 aromatic heterocycles. The molecule has 1 aliphatic heterocycles. The Kier molecular flexibility index (Phi) is 3.53. The molecule has 1 aromatic rings. The van der Waals surface area contributed by atoms with Gasteiger partial charge in [0.2, 0.25) is 5.95 Å². The zero-order chi connectivity index (χ0) is 12.3. The van der Waals surface area contributed by atoms with Crippen LogP contribution in [-0.2, 0) is 16.1 Å². The van der Waals surface area contributed by atoms with Gasteiger partial charge in [-0.25, -0.2) is 4.98 Å². The summed E-state index contributed by atoms with van der Waals surface area (Å²) in [7, 11) is 1.56. The van der Waals surface area contributed by atoms with E-state index in [2.05, 4.69) is 9.97 Å². The van der Waals surface area contributed by atoms with E-state index in [4.69, 9.17) is 4.74 Å². The van der Waals surface area contributed by atoms with Gasteiger partial charge in [0.1, 0.15) is 5.78 Å². The molecule has 0 spiro atoms. The van der Waals surface area contributed by atoms with E-state index >= 15 is 0 Å². The maximum atomic E-state index is 11.4. The number of rotatable bonds is 3. The van der Waals surface area contributed by atoms with Crippen molar-refractivity contribution in [3.8, 4) is 0 Å². The molecule has 92 valence electrons. The van der Waals surface area contributed by atoms with Crippen LogP contribution < -0.4 is 10.5 Å². The molecule has 0 radical (unpaired) electrons. The molecule has 6 nitrogen and oxygen atoms in total. The normalized spacial score (nSPS) is 16.3. The lowest BCUT2D eigenvalue weighted by Crippen LogP contribution is -2.36. The van der Waals surface area contributed by atoms with Crippen LogP contribution in [0.5, 0.6) is 0 Å². The molecule has 1 fully saturated rings. The van der Waals surface area contributed by atoms with Gasteiger partial charge in [0.05, 0.1) is 12.3 Å². The van der Waals surface area contributed by atoms with Crippen LogP contribution in [0, 0.1) is 0 Å². The topological polar surface area (TPSA) is 75.3 Å². The second-order valence-corrected chi connectivity index (χ2v) is 4.02. The largest absolute Gasteiger partial charge is 0.378 e. The highest BCUT2D eigenvalue weighted by Gasteiger charge is 2.18. The van der Waals surface area contributed by atoms with Gasteiger partial charge >= 0.3 is 0 Å². The number of nitrogens with zero attached hydrogens (tertiary/aromatic N) is 2. The van der Waals surface area contributed by atoms with Crippen LogP contribution in [0.4, 0.5) is 5.95 Å². The molecule has 2 rings (SSSR count). The van der Waals surface area contributed by atoms with Crippen LogP contribution in [0.3, 0.4) is 0 Å². The highest BCUT2D eigenvalue weighted by molar-refractivity contribution is 5.80. The van der Waals surface area contributed by atoms with Crippen LogP contribution >= 0.6 is 0 Å². The van der Waals surface area contributed by atoms with Gasteiger partial charge in [-0.2, -0.15) is 0 Å². The number of anilines is 1. The Morgan fingerprint density at radius 1 is 1.41 bits per heavy atom. The third kappa shape index (κ3) is 2.91. The lowest BCUT2D eigenvalue weighted by molar-refractivity contribution is -0.119. The first kappa shape index (κ1) is 11.8. The van der Waals surface area contributed by atoms with Crippen LogP contribution in [0.25, 0.3) is 0 Å². The van der Waals surface area contributed by atoms with E-state index in [1.807, 2.05) is 4.90 Å². The SMILES string of the molecule is COCc1cc(=O)[nH]c(N2CCC(=O)CC2)n1. The number of methoxy groups -OCH3 is 1. The molecule has 1 saturated heterocycles.